The number of fused-ring (bicyclic) bond motifs is 1. The number of aromatic nitrogens is 2. The van der Waals surface area contributed by atoms with E-state index in [1.807, 2.05) is 42.8 Å². The van der Waals surface area contributed by atoms with Gasteiger partial charge in [-0.05, 0) is 36.8 Å². The summed E-state index contributed by atoms with van der Waals surface area (Å²) in [6.45, 7) is 1.84. The SMILES string of the molecule is CC(NC(=O)CC(O)c1cccc(F)c1)c1nc2ccccc2n1C. The number of carbonyl (C=O) groups is 1. The van der Waals surface area contributed by atoms with Crippen molar-refractivity contribution in [3.05, 3.63) is 65.7 Å². The summed E-state index contributed by atoms with van der Waals surface area (Å²) in [6.07, 6.45) is -1.19. The number of rotatable bonds is 5. The minimum atomic E-state index is -1.05. The lowest BCUT2D eigenvalue weighted by Gasteiger charge is -2.16. The summed E-state index contributed by atoms with van der Waals surface area (Å²) >= 11 is 0. The van der Waals surface area contributed by atoms with Gasteiger partial charge in [-0.15, -0.1) is 0 Å². The van der Waals surface area contributed by atoms with Crippen molar-refractivity contribution >= 4 is 16.9 Å². The topological polar surface area (TPSA) is 67.2 Å². The highest BCUT2D eigenvalue weighted by molar-refractivity contribution is 5.78. The van der Waals surface area contributed by atoms with Crippen LogP contribution in [0.15, 0.2) is 48.5 Å². The van der Waals surface area contributed by atoms with Crippen LogP contribution >= 0.6 is 0 Å². The molecule has 2 N–H and O–H groups in total. The summed E-state index contributed by atoms with van der Waals surface area (Å²) in [7, 11) is 1.90. The van der Waals surface area contributed by atoms with Gasteiger partial charge in [0.1, 0.15) is 11.6 Å². The molecule has 1 amide bonds. The predicted octanol–water partition coefficient (Wildman–Crippen LogP) is 3.01. The van der Waals surface area contributed by atoms with Crippen LogP contribution in [0.1, 0.15) is 36.9 Å². The molecule has 2 aromatic carbocycles. The van der Waals surface area contributed by atoms with Gasteiger partial charge in [-0.3, -0.25) is 4.79 Å². The number of amides is 1. The van der Waals surface area contributed by atoms with E-state index in [0.717, 1.165) is 16.9 Å². The Labute approximate surface area is 145 Å². The highest BCUT2D eigenvalue weighted by Gasteiger charge is 2.19. The second-order valence-electron chi connectivity index (χ2n) is 6.08. The van der Waals surface area contributed by atoms with Gasteiger partial charge >= 0.3 is 0 Å². The van der Waals surface area contributed by atoms with Crippen molar-refractivity contribution < 1.29 is 14.3 Å². The molecule has 0 aliphatic heterocycles. The maximum absolute atomic E-state index is 13.2. The summed E-state index contributed by atoms with van der Waals surface area (Å²) in [4.78, 5) is 16.8. The molecule has 0 aliphatic rings. The zero-order valence-corrected chi connectivity index (χ0v) is 14.1. The Hall–Kier alpha value is -2.73. The van der Waals surface area contributed by atoms with Crippen molar-refractivity contribution in [2.24, 2.45) is 7.05 Å². The maximum atomic E-state index is 13.2. The first-order chi connectivity index (χ1) is 12.0. The normalized spacial score (nSPS) is 13.6. The summed E-state index contributed by atoms with van der Waals surface area (Å²) in [5.41, 5.74) is 2.23. The fraction of sp³-hybridized carbons (Fsp3) is 0.263. The lowest BCUT2D eigenvalue weighted by Crippen LogP contribution is -2.29. The van der Waals surface area contributed by atoms with E-state index in [0.29, 0.717) is 5.56 Å². The number of benzene rings is 2. The lowest BCUT2D eigenvalue weighted by molar-refractivity contribution is -0.123. The molecule has 0 radical (unpaired) electrons. The van der Waals surface area contributed by atoms with Crippen LogP contribution in [0.3, 0.4) is 0 Å². The molecule has 0 saturated heterocycles. The number of halogens is 1. The summed E-state index contributed by atoms with van der Waals surface area (Å²) in [5.74, 6) is -0.0314. The molecule has 2 unspecified atom stereocenters. The minimum Gasteiger partial charge on any atom is -0.388 e. The van der Waals surface area contributed by atoms with Gasteiger partial charge in [0.15, 0.2) is 0 Å². The second-order valence-corrected chi connectivity index (χ2v) is 6.08. The monoisotopic (exact) mass is 341 g/mol. The number of para-hydroxylation sites is 2. The van der Waals surface area contributed by atoms with Gasteiger partial charge in [0.25, 0.3) is 0 Å². The third-order valence-corrected chi connectivity index (χ3v) is 4.20. The Bertz CT molecular complexity index is 907. The second kappa shape index (κ2) is 7.03. The summed E-state index contributed by atoms with van der Waals surface area (Å²) < 4.78 is 15.2. The largest absolute Gasteiger partial charge is 0.388 e. The number of carbonyl (C=O) groups excluding carboxylic acids is 1. The molecule has 0 spiro atoms. The predicted molar refractivity (Wildman–Crippen MR) is 93.2 cm³/mol. The molecular formula is C19H20FN3O2. The van der Waals surface area contributed by atoms with E-state index in [1.165, 1.54) is 18.2 Å². The summed E-state index contributed by atoms with van der Waals surface area (Å²) in [6, 6.07) is 13.0. The first kappa shape index (κ1) is 17.1. The Morgan fingerprint density at radius 1 is 1.28 bits per heavy atom. The van der Waals surface area contributed by atoms with E-state index < -0.39 is 11.9 Å². The molecule has 3 rings (SSSR count). The molecule has 5 nitrogen and oxygen atoms in total. The third kappa shape index (κ3) is 3.69. The van der Waals surface area contributed by atoms with Crippen LogP contribution < -0.4 is 5.32 Å². The molecule has 0 bridgehead atoms. The molecule has 6 heteroatoms. The van der Waals surface area contributed by atoms with Crippen molar-refractivity contribution in [2.45, 2.75) is 25.5 Å². The highest BCUT2D eigenvalue weighted by Crippen LogP contribution is 2.21. The first-order valence-corrected chi connectivity index (χ1v) is 8.10. The number of imidazole rings is 1. The quantitative estimate of drug-likeness (QED) is 0.750. The van der Waals surface area contributed by atoms with E-state index in [-0.39, 0.29) is 18.4 Å². The molecule has 0 saturated carbocycles. The van der Waals surface area contributed by atoms with Crippen LogP contribution in [0.5, 0.6) is 0 Å². The van der Waals surface area contributed by atoms with Crippen LogP contribution in [-0.4, -0.2) is 20.6 Å². The maximum Gasteiger partial charge on any atom is 0.223 e. The van der Waals surface area contributed by atoms with Gasteiger partial charge < -0.3 is 15.0 Å². The molecule has 2 atom stereocenters. The van der Waals surface area contributed by atoms with Gasteiger partial charge in [-0.2, -0.15) is 0 Å². The van der Waals surface area contributed by atoms with Gasteiger partial charge in [-0.1, -0.05) is 24.3 Å². The van der Waals surface area contributed by atoms with E-state index in [4.69, 9.17) is 0 Å². The van der Waals surface area contributed by atoms with Crippen molar-refractivity contribution in [3.63, 3.8) is 0 Å². The molecule has 1 aromatic heterocycles. The number of aliphatic hydroxyl groups excluding tert-OH is 1. The molecular weight excluding hydrogens is 321 g/mol. The smallest absolute Gasteiger partial charge is 0.223 e. The standard InChI is InChI=1S/C19H20FN3O2/c1-12(19-22-15-8-3-4-9-16(15)23(19)2)21-18(25)11-17(24)13-6-5-7-14(20)10-13/h3-10,12,17,24H,11H2,1-2H3,(H,21,25). The molecule has 25 heavy (non-hydrogen) atoms. The van der Waals surface area contributed by atoms with Crippen LogP contribution in [0.4, 0.5) is 4.39 Å². The Balaban J connectivity index is 1.68. The Morgan fingerprint density at radius 3 is 2.76 bits per heavy atom. The number of hydrogen-bond acceptors (Lipinski definition) is 3. The fourth-order valence-electron chi connectivity index (χ4n) is 2.92. The third-order valence-electron chi connectivity index (χ3n) is 4.20. The highest BCUT2D eigenvalue weighted by atomic mass is 19.1. The van der Waals surface area contributed by atoms with Gasteiger partial charge in [-0.25, -0.2) is 9.37 Å². The van der Waals surface area contributed by atoms with Crippen molar-refractivity contribution in [2.75, 3.05) is 0 Å². The minimum absolute atomic E-state index is 0.141. The number of hydrogen-bond donors (Lipinski definition) is 2. The van der Waals surface area contributed by atoms with Crippen LogP contribution in [0.25, 0.3) is 11.0 Å². The van der Waals surface area contributed by atoms with Crippen LogP contribution in [-0.2, 0) is 11.8 Å². The van der Waals surface area contributed by atoms with Gasteiger partial charge in [0.05, 0.1) is 29.6 Å². The van der Waals surface area contributed by atoms with Crippen molar-refractivity contribution in [1.82, 2.24) is 14.9 Å². The van der Waals surface area contributed by atoms with E-state index in [9.17, 15) is 14.3 Å². The fourth-order valence-corrected chi connectivity index (χ4v) is 2.92. The number of aryl methyl sites for hydroxylation is 1. The van der Waals surface area contributed by atoms with Crippen molar-refractivity contribution in [3.8, 4) is 0 Å². The number of aliphatic hydroxyl groups is 1. The zero-order chi connectivity index (χ0) is 18.0. The van der Waals surface area contributed by atoms with Gasteiger partial charge in [0.2, 0.25) is 5.91 Å². The van der Waals surface area contributed by atoms with Crippen molar-refractivity contribution in [1.29, 1.82) is 0 Å². The van der Waals surface area contributed by atoms with E-state index in [2.05, 4.69) is 10.3 Å². The number of nitrogens with one attached hydrogen (secondary N) is 1. The molecule has 3 aromatic rings. The Morgan fingerprint density at radius 2 is 2.04 bits per heavy atom. The molecule has 0 fully saturated rings. The van der Waals surface area contributed by atoms with Crippen LogP contribution in [0, 0.1) is 5.82 Å². The van der Waals surface area contributed by atoms with Gasteiger partial charge in [0, 0.05) is 7.05 Å². The summed E-state index contributed by atoms with van der Waals surface area (Å²) in [5, 5.41) is 13.0. The Kier molecular flexibility index (Phi) is 4.81. The van der Waals surface area contributed by atoms with E-state index >= 15 is 0 Å². The molecule has 1 heterocycles. The average Bonchev–Trinajstić information content (AvgIpc) is 2.92. The van der Waals surface area contributed by atoms with E-state index in [1.54, 1.807) is 6.07 Å². The van der Waals surface area contributed by atoms with Crippen LogP contribution in [0.2, 0.25) is 0 Å². The molecule has 130 valence electrons. The molecule has 0 aliphatic carbocycles. The lowest BCUT2D eigenvalue weighted by atomic mass is 10.1. The zero-order valence-electron chi connectivity index (χ0n) is 14.1. The first-order valence-electron chi connectivity index (χ1n) is 8.10. The number of nitrogens with zero attached hydrogens (tertiary/aromatic N) is 2. The average molecular weight is 341 g/mol.